The second kappa shape index (κ2) is 4.64. The molecule has 0 radical (unpaired) electrons. The van der Waals surface area contributed by atoms with Gasteiger partial charge in [-0.25, -0.2) is 0 Å². The van der Waals surface area contributed by atoms with Crippen LogP contribution in [-0.2, 0) is 6.42 Å². The van der Waals surface area contributed by atoms with Gasteiger partial charge in [0.25, 0.3) is 0 Å². The zero-order valence-corrected chi connectivity index (χ0v) is 10.4. The maximum Gasteiger partial charge on any atom is 0.0334 e. The summed E-state index contributed by atoms with van der Waals surface area (Å²) in [4.78, 5) is 4.14. The monoisotopic (exact) mass is 224 g/mol. The summed E-state index contributed by atoms with van der Waals surface area (Å²) in [6.45, 7) is 6.49. The average molecular weight is 224 g/mol. The number of nitrogens with zero attached hydrogens (tertiary/aromatic N) is 1. The van der Waals surface area contributed by atoms with Gasteiger partial charge in [-0.1, -0.05) is 6.92 Å². The van der Waals surface area contributed by atoms with Crippen LogP contribution in [0.4, 0.5) is 0 Å². The Morgan fingerprint density at radius 2 is 2.47 bits per heavy atom. The predicted molar refractivity (Wildman–Crippen MR) is 66.3 cm³/mol. The van der Waals surface area contributed by atoms with E-state index in [9.17, 15) is 0 Å². The third-order valence-corrected chi connectivity index (χ3v) is 4.53. The molecule has 84 valence electrons. The van der Waals surface area contributed by atoms with E-state index in [0.717, 1.165) is 13.0 Å². The lowest BCUT2D eigenvalue weighted by molar-refractivity contribution is 0.135. The van der Waals surface area contributed by atoms with Crippen molar-refractivity contribution in [2.45, 2.75) is 38.8 Å². The molecule has 0 bridgehead atoms. The molecule has 1 aromatic rings. The zero-order valence-electron chi connectivity index (χ0n) is 9.57. The molecule has 3 heteroatoms. The molecule has 2 atom stereocenters. The summed E-state index contributed by atoms with van der Waals surface area (Å²) in [7, 11) is 0. The molecule has 0 aliphatic carbocycles. The molecular weight excluding hydrogens is 204 g/mol. The summed E-state index contributed by atoms with van der Waals surface area (Å²) in [5.41, 5.74) is 7.36. The Morgan fingerprint density at radius 1 is 1.67 bits per heavy atom. The van der Waals surface area contributed by atoms with Gasteiger partial charge in [0.1, 0.15) is 0 Å². The van der Waals surface area contributed by atoms with Gasteiger partial charge in [-0.15, -0.1) is 11.3 Å². The van der Waals surface area contributed by atoms with E-state index in [2.05, 4.69) is 30.2 Å². The molecule has 0 aromatic carbocycles. The van der Waals surface area contributed by atoms with Crippen LogP contribution in [0.15, 0.2) is 11.4 Å². The number of rotatable bonds is 3. The topological polar surface area (TPSA) is 29.3 Å². The van der Waals surface area contributed by atoms with Crippen molar-refractivity contribution in [1.82, 2.24) is 4.90 Å². The van der Waals surface area contributed by atoms with Crippen LogP contribution in [0.25, 0.3) is 0 Å². The number of nitrogens with two attached hydrogens (primary N) is 1. The largest absolute Gasteiger partial charge is 0.329 e. The summed E-state index contributed by atoms with van der Waals surface area (Å²) in [6, 6.07) is 3.38. The summed E-state index contributed by atoms with van der Waals surface area (Å²) in [5.74, 6) is 0. The van der Waals surface area contributed by atoms with Crippen molar-refractivity contribution in [2.24, 2.45) is 5.73 Å². The van der Waals surface area contributed by atoms with Crippen molar-refractivity contribution in [2.75, 3.05) is 13.1 Å². The van der Waals surface area contributed by atoms with E-state index < -0.39 is 0 Å². The van der Waals surface area contributed by atoms with Crippen molar-refractivity contribution >= 4 is 11.3 Å². The van der Waals surface area contributed by atoms with E-state index in [1.165, 1.54) is 18.5 Å². The van der Waals surface area contributed by atoms with Gasteiger partial charge in [0.2, 0.25) is 0 Å². The minimum Gasteiger partial charge on any atom is -0.329 e. The maximum atomic E-state index is 5.83. The van der Waals surface area contributed by atoms with Crippen LogP contribution in [0, 0.1) is 0 Å². The highest BCUT2D eigenvalue weighted by Gasteiger charge is 2.28. The highest BCUT2D eigenvalue weighted by atomic mass is 32.1. The fourth-order valence-electron chi connectivity index (χ4n) is 2.56. The smallest absolute Gasteiger partial charge is 0.0334 e. The van der Waals surface area contributed by atoms with Gasteiger partial charge in [-0.05, 0) is 36.8 Å². The fraction of sp³-hybridized carbons (Fsp3) is 0.667. The Hall–Kier alpha value is -0.380. The highest BCUT2D eigenvalue weighted by molar-refractivity contribution is 7.10. The summed E-state index contributed by atoms with van der Waals surface area (Å²) >= 11 is 1.90. The fourth-order valence-corrected chi connectivity index (χ4v) is 3.53. The maximum absolute atomic E-state index is 5.83. The molecule has 2 rings (SSSR count). The third kappa shape index (κ3) is 1.96. The van der Waals surface area contributed by atoms with Gasteiger partial charge >= 0.3 is 0 Å². The van der Waals surface area contributed by atoms with Crippen molar-refractivity contribution in [3.63, 3.8) is 0 Å². The molecule has 2 unspecified atom stereocenters. The molecule has 1 aliphatic rings. The number of hydrogen-bond acceptors (Lipinski definition) is 3. The standard InChI is InChI=1S/C12H20N2S/c1-3-10(8-13)14-6-4-12-11(9(14)2)5-7-15-12/h5,7,9-10H,3-4,6,8,13H2,1-2H3. The first-order chi connectivity index (χ1) is 7.27. The van der Waals surface area contributed by atoms with Gasteiger partial charge in [0, 0.05) is 30.1 Å². The normalized spacial score (nSPS) is 23.8. The molecule has 0 amide bonds. The predicted octanol–water partition coefficient (Wildman–Crippen LogP) is 2.40. The second-order valence-electron chi connectivity index (χ2n) is 4.26. The van der Waals surface area contributed by atoms with Crippen LogP contribution >= 0.6 is 11.3 Å². The van der Waals surface area contributed by atoms with Crippen LogP contribution in [0.2, 0.25) is 0 Å². The first-order valence-corrected chi connectivity index (χ1v) is 6.68. The first-order valence-electron chi connectivity index (χ1n) is 5.80. The van der Waals surface area contributed by atoms with E-state index >= 15 is 0 Å². The average Bonchev–Trinajstić information content (AvgIpc) is 2.71. The van der Waals surface area contributed by atoms with E-state index in [4.69, 9.17) is 5.73 Å². The second-order valence-corrected chi connectivity index (χ2v) is 5.26. The lowest BCUT2D eigenvalue weighted by Crippen LogP contribution is -2.44. The SMILES string of the molecule is CCC(CN)N1CCc2sccc2C1C. The van der Waals surface area contributed by atoms with Gasteiger partial charge in [-0.3, -0.25) is 4.90 Å². The van der Waals surface area contributed by atoms with Gasteiger partial charge in [0.15, 0.2) is 0 Å². The Bertz CT molecular complexity index is 317. The van der Waals surface area contributed by atoms with Crippen molar-refractivity contribution in [1.29, 1.82) is 0 Å². The molecule has 0 spiro atoms. The molecule has 2 heterocycles. The molecule has 2 nitrogen and oxygen atoms in total. The number of thiophene rings is 1. The number of hydrogen-bond donors (Lipinski definition) is 1. The summed E-state index contributed by atoms with van der Waals surface area (Å²) in [6.07, 6.45) is 2.36. The van der Waals surface area contributed by atoms with Crippen LogP contribution in [0.3, 0.4) is 0 Å². The first kappa shape index (κ1) is 11.1. The third-order valence-electron chi connectivity index (χ3n) is 3.54. The van der Waals surface area contributed by atoms with Crippen LogP contribution < -0.4 is 5.73 Å². The summed E-state index contributed by atoms with van der Waals surface area (Å²) < 4.78 is 0. The van der Waals surface area contributed by atoms with E-state index in [0.29, 0.717) is 12.1 Å². The van der Waals surface area contributed by atoms with Gasteiger partial charge in [-0.2, -0.15) is 0 Å². The zero-order chi connectivity index (χ0) is 10.8. The molecule has 0 saturated carbocycles. The lowest BCUT2D eigenvalue weighted by atomic mass is 9.98. The lowest BCUT2D eigenvalue weighted by Gasteiger charge is -2.38. The number of fused-ring (bicyclic) bond motifs is 1. The minimum atomic E-state index is 0.549. The minimum absolute atomic E-state index is 0.549. The molecule has 2 N–H and O–H groups in total. The van der Waals surface area contributed by atoms with E-state index in [1.54, 1.807) is 4.88 Å². The Labute approximate surface area is 96.1 Å². The molecule has 0 fully saturated rings. The van der Waals surface area contributed by atoms with Crippen molar-refractivity contribution in [3.8, 4) is 0 Å². The molecular formula is C12H20N2S. The van der Waals surface area contributed by atoms with Crippen molar-refractivity contribution < 1.29 is 0 Å². The molecule has 15 heavy (non-hydrogen) atoms. The molecule has 1 aliphatic heterocycles. The Kier molecular flexibility index (Phi) is 3.44. The van der Waals surface area contributed by atoms with E-state index in [-0.39, 0.29) is 0 Å². The van der Waals surface area contributed by atoms with Crippen LogP contribution in [0.1, 0.15) is 36.8 Å². The van der Waals surface area contributed by atoms with E-state index in [1.807, 2.05) is 11.3 Å². The highest BCUT2D eigenvalue weighted by Crippen LogP contribution is 2.34. The summed E-state index contributed by atoms with van der Waals surface area (Å²) in [5, 5.41) is 2.22. The molecule has 1 aromatic heterocycles. The Morgan fingerprint density at radius 3 is 3.13 bits per heavy atom. The quantitative estimate of drug-likeness (QED) is 0.854. The van der Waals surface area contributed by atoms with Gasteiger partial charge in [0.05, 0.1) is 0 Å². The Balaban J connectivity index is 2.18. The molecule has 0 saturated heterocycles. The van der Waals surface area contributed by atoms with Crippen LogP contribution in [-0.4, -0.2) is 24.0 Å². The van der Waals surface area contributed by atoms with Crippen LogP contribution in [0.5, 0.6) is 0 Å². The van der Waals surface area contributed by atoms with Crippen molar-refractivity contribution in [3.05, 3.63) is 21.9 Å². The van der Waals surface area contributed by atoms with Gasteiger partial charge < -0.3 is 5.73 Å².